The molecule has 0 aromatic carbocycles. The lowest BCUT2D eigenvalue weighted by molar-refractivity contribution is -0.372. The number of hydrogen-bond acceptors (Lipinski definition) is 19. The average Bonchev–Trinajstić information content (AvgIpc) is 3.08. The Bertz CT molecular complexity index is 1050. The first-order chi connectivity index (χ1) is 23.6. The van der Waals surface area contributed by atoms with Crippen molar-refractivity contribution in [2.75, 3.05) is 33.5 Å². The lowest BCUT2D eigenvalue weighted by Crippen LogP contribution is -2.65. The Morgan fingerprint density at radius 2 is 1.14 bits per heavy atom. The molecule has 15 unspecified atom stereocenters. The van der Waals surface area contributed by atoms with E-state index in [9.17, 15) is 55.3 Å². The van der Waals surface area contributed by atoms with Gasteiger partial charge in [0.1, 0.15) is 73.2 Å². The Kier molecular flexibility index (Phi) is 17.7. The second-order valence-electron chi connectivity index (χ2n) is 12.3. The summed E-state index contributed by atoms with van der Waals surface area (Å²) < 4.78 is 53.7. The molecule has 3 aliphatic heterocycles. The fourth-order valence-electron chi connectivity index (χ4n) is 5.59. The molecule has 3 rings (SSSR count). The normalized spacial score (nSPS) is 39.7. The molecule has 3 saturated heterocycles. The SMILES string of the molecule is COC(=O)CCCCCCCCOC1OC(COC2OC(COP(=O)(O)O)C(O)C(O)C2OC2OC(CO)C(O)C(O)C2O)C(O)C(O)C1O. The van der Waals surface area contributed by atoms with Gasteiger partial charge in [-0.3, -0.25) is 9.32 Å². The summed E-state index contributed by atoms with van der Waals surface area (Å²) in [5, 5.41) is 93.3. The zero-order valence-corrected chi connectivity index (χ0v) is 28.3. The van der Waals surface area contributed by atoms with Gasteiger partial charge in [0.15, 0.2) is 18.9 Å². The van der Waals surface area contributed by atoms with Gasteiger partial charge in [0.2, 0.25) is 0 Å². The first kappa shape index (κ1) is 43.4. The van der Waals surface area contributed by atoms with Crippen LogP contribution in [0.25, 0.3) is 0 Å². The summed E-state index contributed by atoms with van der Waals surface area (Å²) in [7, 11) is -3.74. The van der Waals surface area contributed by atoms with Crippen LogP contribution in [0.1, 0.15) is 44.9 Å². The number of phosphoric ester groups is 1. The molecule has 0 amide bonds. The van der Waals surface area contributed by atoms with Crippen molar-refractivity contribution < 1.29 is 103 Å². The van der Waals surface area contributed by atoms with E-state index in [1.165, 1.54) is 7.11 Å². The summed E-state index contributed by atoms with van der Waals surface area (Å²) in [5.74, 6) is -0.263. The van der Waals surface area contributed by atoms with Crippen LogP contribution in [0.4, 0.5) is 0 Å². The van der Waals surface area contributed by atoms with Crippen LogP contribution in [0.2, 0.25) is 0 Å². The standard InChI is InChI=1S/C28H51O21P/c1-42-16(30)8-6-4-2-3-5-7-9-43-26-23(37)21(35)18(32)14(47-26)11-44-28-25(22(36)19(33)15(48-28)12-45-50(39,40)41)49-27-24(38)20(34)17(31)13(10-29)46-27/h13-15,17-29,31-38H,2-12H2,1H3,(H2,39,40,41). The smallest absolute Gasteiger partial charge is 0.469 e. The van der Waals surface area contributed by atoms with Crippen molar-refractivity contribution in [3.8, 4) is 0 Å². The maximum Gasteiger partial charge on any atom is 0.469 e. The Hall–Kier alpha value is -1.02. The molecule has 11 N–H and O–H groups in total. The topological polar surface area (TPSA) is 331 Å². The van der Waals surface area contributed by atoms with Crippen molar-refractivity contribution in [2.24, 2.45) is 0 Å². The van der Waals surface area contributed by atoms with Gasteiger partial charge in [-0.25, -0.2) is 4.57 Å². The Morgan fingerprint density at radius 3 is 1.76 bits per heavy atom. The highest BCUT2D eigenvalue weighted by atomic mass is 31.2. The second kappa shape index (κ2) is 20.4. The van der Waals surface area contributed by atoms with Gasteiger partial charge < -0.3 is 88.9 Å². The minimum absolute atomic E-state index is 0.117. The summed E-state index contributed by atoms with van der Waals surface area (Å²) in [5.41, 5.74) is 0. The molecule has 0 saturated carbocycles. The zero-order valence-electron chi connectivity index (χ0n) is 27.4. The number of unbranched alkanes of at least 4 members (excludes halogenated alkanes) is 5. The molecular formula is C28H51O21P. The highest BCUT2D eigenvalue weighted by molar-refractivity contribution is 7.46. The molecule has 0 radical (unpaired) electrons. The van der Waals surface area contributed by atoms with Crippen LogP contribution in [-0.2, 0) is 47.0 Å². The van der Waals surface area contributed by atoms with Gasteiger partial charge in [0, 0.05) is 13.0 Å². The van der Waals surface area contributed by atoms with Gasteiger partial charge in [0.25, 0.3) is 0 Å². The molecule has 21 nitrogen and oxygen atoms in total. The minimum Gasteiger partial charge on any atom is -0.469 e. The molecule has 294 valence electrons. The number of phosphoric acid groups is 1. The predicted molar refractivity (Wildman–Crippen MR) is 160 cm³/mol. The van der Waals surface area contributed by atoms with E-state index in [0.717, 1.165) is 25.7 Å². The number of aliphatic hydroxyl groups excluding tert-OH is 9. The third-order valence-corrected chi connectivity index (χ3v) is 9.05. The molecule has 3 fully saturated rings. The van der Waals surface area contributed by atoms with Gasteiger partial charge in [-0.2, -0.15) is 0 Å². The average molecular weight is 755 g/mol. The minimum atomic E-state index is -5.07. The molecule has 0 aromatic heterocycles. The van der Waals surface area contributed by atoms with Crippen molar-refractivity contribution >= 4 is 13.8 Å². The number of carbonyl (C=O) groups excluding carboxylic acids is 1. The summed E-state index contributed by atoms with van der Waals surface area (Å²) in [4.78, 5) is 29.4. The number of ether oxygens (including phenoxy) is 7. The van der Waals surface area contributed by atoms with E-state index in [0.29, 0.717) is 19.3 Å². The molecule has 22 heteroatoms. The van der Waals surface area contributed by atoms with Crippen molar-refractivity contribution in [3.63, 3.8) is 0 Å². The molecule has 0 aromatic rings. The summed E-state index contributed by atoms with van der Waals surface area (Å²) in [6.45, 7) is -2.31. The van der Waals surface area contributed by atoms with Crippen LogP contribution in [0, 0.1) is 0 Å². The van der Waals surface area contributed by atoms with E-state index in [4.69, 9.17) is 38.2 Å². The monoisotopic (exact) mass is 754 g/mol. The molecule has 0 aliphatic carbocycles. The van der Waals surface area contributed by atoms with Gasteiger partial charge in [-0.1, -0.05) is 25.7 Å². The van der Waals surface area contributed by atoms with Crippen molar-refractivity contribution in [1.29, 1.82) is 0 Å². The third-order valence-electron chi connectivity index (χ3n) is 8.57. The largest absolute Gasteiger partial charge is 0.469 e. The van der Waals surface area contributed by atoms with Crippen LogP contribution in [0.3, 0.4) is 0 Å². The summed E-state index contributed by atoms with van der Waals surface area (Å²) >= 11 is 0. The van der Waals surface area contributed by atoms with Crippen molar-refractivity contribution in [3.05, 3.63) is 0 Å². The van der Waals surface area contributed by atoms with Crippen LogP contribution in [0.5, 0.6) is 0 Å². The molecule has 0 spiro atoms. The lowest BCUT2D eigenvalue weighted by atomic mass is 9.97. The number of aliphatic hydroxyl groups is 9. The molecule has 3 heterocycles. The van der Waals surface area contributed by atoms with Crippen LogP contribution >= 0.6 is 7.82 Å². The fraction of sp³-hybridized carbons (Fsp3) is 0.964. The van der Waals surface area contributed by atoms with E-state index in [1.807, 2.05) is 0 Å². The molecule has 0 bridgehead atoms. The molecular weight excluding hydrogens is 703 g/mol. The van der Waals surface area contributed by atoms with Crippen LogP contribution in [-0.4, -0.2) is 187 Å². The summed E-state index contributed by atoms with van der Waals surface area (Å²) in [6, 6.07) is 0. The predicted octanol–water partition coefficient (Wildman–Crippen LogP) is -4.53. The highest BCUT2D eigenvalue weighted by Crippen LogP contribution is 2.38. The molecule has 50 heavy (non-hydrogen) atoms. The summed E-state index contributed by atoms with van der Waals surface area (Å²) in [6.07, 6.45) is -21.0. The maximum atomic E-state index is 11.3. The van der Waals surface area contributed by atoms with Gasteiger partial charge >= 0.3 is 13.8 Å². The number of methoxy groups -OCH3 is 1. The van der Waals surface area contributed by atoms with Crippen molar-refractivity contribution in [1.82, 2.24) is 0 Å². The molecule has 3 aliphatic rings. The van der Waals surface area contributed by atoms with E-state index in [1.54, 1.807) is 0 Å². The second-order valence-corrected chi connectivity index (χ2v) is 13.5. The fourth-order valence-corrected chi connectivity index (χ4v) is 5.93. The number of rotatable bonds is 19. The van der Waals surface area contributed by atoms with Gasteiger partial charge in [-0.15, -0.1) is 0 Å². The Balaban J connectivity index is 1.63. The maximum absolute atomic E-state index is 11.3. The van der Waals surface area contributed by atoms with Gasteiger partial charge in [-0.05, 0) is 12.8 Å². The van der Waals surface area contributed by atoms with E-state index in [2.05, 4.69) is 9.26 Å². The lowest BCUT2D eigenvalue weighted by Gasteiger charge is -2.46. The number of hydrogen-bond donors (Lipinski definition) is 11. The van der Waals surface area contributed by atoms with Crippen LogP contribution < -0.4 is 0 Å². The highest BCUT2D eigenvalue weighted by Gasteiger charge is 2.52. The number of esters is 1. The Labute approximate surface area is 287 Å². The van der Waals surface area contributed by atoms with E-state index in [-0.39, 0.29) is 12.6 Å². The first-order valence-electron chi connectivity index (χ1n) is 16.3. The third kappa shape index (κ3) is 12.3. The zero-order chi connectivity index (χ0) is 37.2. The van der Waals surface area contributed by atoms with E-state index < -0.39 is 120 Å². The van der Waals surface area contributed by atoms with Crippen molar-refractivity contribution in [2.45, 2.75) is 137 Å². The first-order valence-corrected chi connectivity index (χ1v) is 17.8. The van der Waals surface area contributed by atoms with Crippen LogP contribution in [0.15, 0.2) is 0 Å². The Morgan fingerprint density at radius 1 is 0.620 bits per heavy atom. The van der Waals surface area contributed by atoms with E-state index >= 15 is 0 Å². The quantitative estimate of drug-likeness (QED) is 0.0336. The number of carbonyl (C=O) groups is 1. The van der Waals surface area contributed by atoms with Gasteiger partial charge in [0.05, 0.1) is 26.9 Å². The molecule has 15 atom stereocenters.